The third-order valence-corrected chi connectivity index (χ3v) is 5.04. The summed E-state index contributed by atoms with van der Waals surface area (Å²) in [6.07, 6.45) is 1.59. The number of nitrogens with zero attached hydrogens (tertiary/aromatic N) is 1. The van der Waals surface area contributed by atoms with Crippen LogP contribution in [0.15, 0.2) is 48.5 Å². The summed E-state index contributed by atoms with van der Waals surface area (Å²) in [5, 5.41) is 3.52. The largest absolute Gasteiger partial charge is 0.325 e. The van der Waals surface area contributed by atoms with Crippen LogP contribution < -0.4 is 5.32 Å². The first-order chi connectivity index (χ1) is 12.5. The zero-order valence-electron chi connectivity index (χ0n) is 14.9. The van der Waals surface area contributed by atoms with E-state index < -0.39 is 0 Å². The lowest BCUT2D eigenvalue weighted by Crippen LogP contribution is -2.40. The zero-order chi connectivity index (χ0) is 18.5. The molecule has 1 heterocycles. The van der Waals surface area contributed by atoms with Crippen LogP contribution >= 0.6 is 11.6 Å². The van der Waals surface area contributed by atoms with Crippen LogP contribution in [0, 0.1) is 12.8 Å². The lowest BCUT2D eigenvalue weighted by molar-refractivity contribution is -0.117. The van der Waals surface area contributed by atoms with E-state index in [0.29, 0.717) is 11.6 Å². The van der Waals surface area contributed by atoms with E-state index in [2.05, 4.69) is 10.2 Å². The third kappa shape index (κ3) is 4.93. The highest BCUT2D eigenvalue weighted by molar-refractivity contribution is 6.30. The normalized spacial score (nSPS) is 15.6. The molecule has 0 spiro atoms. The average Bonchev–Trinajstić information content (AvgIpc) is 2.64. The first kappa shape index (κ1) is 18.6. The molecule has 4 nitrogen and oxygen atoms in total. The van der Waals surface area contributed by atoms with Gasteiger partial charge in [-0.05, 0) is 57.1 Å². The van der Waals surface area contributed by atoms with Gasteiger partial charge in [-0.15, -0.1) is 0 Å². The first-order valence-electron chi connectivity index (χ1n) is 8.90. The molecule has 1 aliphatic rings. The molecule has 2 aromatic carbocycles. The zero-order valence-corrected chi connectivity index (χ0v) is 15.6. The second kappa shape index (κ2) is 8.47. The maximum Gasteiger partial charge on any atom is 0.238 e. The average molecular weight is 371 g/mol. The van der Waals surface area contributed by atoms with Crippen LogP contribution in [0.4, 0.5) is 5.69 Å². The second-order valence-corrected chi connectivity index (χ2v) is 7.27. The van der Waals surface area contributed by atoms with Gasteiger partial charge in [0.15, 0.2) is 5.78 Å². The van der Waals surface area contributed by atoms with Crippen molar-refractivity contribution in [1.82, 2.24) is 4.90 Å². The van der Waals surface area contributed by atoms with E-state index in [1.54, 1.807) is 24.3 Å². The highest BCUT2D eigenvalue weighted by atomic mass is 35.5. The molecule has 1 saturated heterocycles. The van der Waals surface area contributed by atoms with Gasteiger partial charge in [0.05, 0.1) is 6.54 Å². The minimum Gasteiger partial charge on any atom is -0.325 e. The van der Waals surface area contributed by atoms with Crippen LogP contribution in [-0.2, 0) is 4.79 Å². The maximum absolute atomic E-state index is 12.6. The smallest absolute Gasteiger partial charge is 0.238 e. The molecular weight excluding hydrogens is 348 g/mol. The number of carbonyl (C=O) groups is 2. The molecule has 0 saturated carbocycles. The van der Waals surface area contributed by atoms with E-state index in [4.69, 9.17) is 11.6 Å². The number of hydrogen-bond donors (Lipinski definition) is 1. The summed E-state index contributed by atoms with van der Waals surface area (Å²) < 4.78 is 0. The summed E-state index contributed by atoms with van der Waals surface area (Å²) in [6.45, 7) is 3.88. The summed E-state index contributed by atoms with van der Waals surface area (Å²) in [5.74, 6) is 0.221. The Bertz CT molecular complexity index is 764. The van der Waals surface area contributed by atoms with E-state index in [9.17, 15) is 9.59 Å². The summed E-state index contributed by atoms with van der Waals surface area (Å²) >= 11 is 5.85. The number of amides is 1. The summed E-state index contributed by atoms with van der Waals surface area (Å²) in [6, 6.07) is 14.8. The van der Waals surface area contributed by atoms with Gasteiger partial charge in [0.2, 0.25) is 5.91 Å². The second-order valence-electron chi connectivity index (χ2n) is 6.84. The molecule has 3 rings (SSSR count). The van der Waals surface area contributed by atoms with Crippen molar-refractivity contribution in [2.45, 2.75) is 19.8 Å². The Morgan fingerprint density at radius 2 is 1.65 bits per heavy atom. The molecule has 0 radical (unpaired) electrons. The minimum atomic E-state index is -0.0457. The number of likely N-dealkylation sites (tertiary alicyclic amines) is 1. The Labute approximate surface area is 159 Å². The molecule has 5 heteroatoms. The number of Topliss-reactive ketones (excluding diaryl/α,β-unsaturated/α-hetero) is 1. The number of benzene rings is 2. The standard InChI is InChI=1S/C21H23ClN2O2/c1-15-2-4-16(5-3-15)21(26)17-10-12-24(13-11-17)14-20(25)23-19-8-6-18(22)7-9-19/h2-9,17H,10-14H2,1H3,(H,23,25). The van der Waals surface area contributed by atoms with Crippen LogP contribution in [0.1, 0.15) is 28.8 Å². The van der Waals surface area contributed by atoms with Crippen LogP contribution in [0.25, 0.3) is 0 Å². The van der Waals surface area contributed by atoms with E-state index in [0.717, 1.165) is 42.7 Å². The number of nitrogens with one attached hydrogen (secondary N) is 1. The van der Waals surface area contributed by atoms with Gasteiger partial charge in [0.1, 0.15) is 0 Å². The molecule has 1 aliphatic heterocycles. The maximum atomic E-state index is 12.6. The van der Waals surface area contributed by atoms with Gasteiger partial charge < -0.3 is 5.32 Å². The van der Waals surface area contributed by atoms with E-state index in [-0.39, 0.29) is 17.6 Å². The van der Waals surface area contributed by atoms with Crippen molar-refractivity contribution in [1.29, 1.82) is 0 Å². The molecule has 1 N–H and O–H groups in total. The van der Waals surface area contributed by atoms with Gasteiger partial charge in [0, 0.05) is 22.2 Å². The summed E-state index contributed by atoms with van der Waals surface area (Å²) in [4.78, 5) is 26.9. The summed E-state index contributed by atoms with van der Waals surface area (Å²) in [5.41, 5.74) is 2.68. The number of rotatable bonds is 5. The van der Waals surface area contributed by atoms with Gasteiger partial charge in [-0.2, -0.15) is 0 Å². The quantitative estimate of drug-likeness (QED) is 0.803. The monoisotopic (exact) mass is 370 g/mol. The molecule has 0 bridgehead atoms. The fourth-order valence-electron chi connectivity index (χ4n) is 3.24. The Kier molecular flexibility index (Phi) is 6.07. The number of anilines is 1. The van der Waals surface area contributed by atoms with Crippen molar-refractivity contribution in [2.75, 3.05) is 25.0 Å². The van der Waals surface area contributed by atoms with Gasteiger partial charge >= 0.3 is 0 Å². The van der Waals surface area contributed by atoms with Crippen LogP contribution in [-0.4, -0.2) is 36.2 Å². The van der Waals surface area contributed by atoms with E-state index >= 15 is 0 Å². The lowest BCUT2D eigenvalue weighted by atomic mass is 9.88. The highest BCUT2D eigenvalue weighted by Gasteiger charge is 2.26. The van der Waals surface area contributed by atoms with E-state index in [1.165, 1.54) is 0 Å². The Hall–Kier alpha value is -2.17. The SMILES string of the molecule is Cc1ccc(C(=O)C2CCN(CC(=O)Nc3ccc(Cl)cc3)CC2)cc1. The molecule has 0 atom stereocenters. The lowest BCUT2D eigenvalue weighted by Gasteiger charge is -2.30. The van der Waals surface area contributed by atoms with Crippen LogP contribution in [0.5, 0.6) is 0 Å². The number of hydrogen-bond acceptors (Lipinski definition) is 3. The topological polar surface area (TPSA) is 49.4 Å². The molecule has 136 valence electrons. The fraction of sp³-hybridized carbons (Fsp3) is 0.333. The molecule has 0 unspecified atom stereocenters. The first-order valence-corrected chi connectivity index (χ1v) is 9.28. The number of halogens is 1. The van der Waals surface area contributed by atoms with Crippen molar-refractivity contribution in [2.24, 2.45) is 5.92 Å². The van der Waals surface area contributed by atoms with Gasteiger partial charge in [-0.1, -0.05) is 41.4 Å². The number of aryl methyl sites for hydroxylation is 1. The molecule has 2 aromatic rings. The number of piperidine rings is 1. The van der Waals surface area contributed by atoms with Gasteiger partial charge in [-0.25, -0.2) is 0 Å². The van der Waals surface area contributed by atoms with Crippen molar-refractivity contribution in [3.05, 3.63) is 64.7 Å². The van der Waals surface area contributed by atoms with Crippen LogP contribution in [0.2, 0.25) is 5.02 Å². The van der Waals surface area contributed by atoms with Crippen molar-refractivity contribution in [3.8, 4) is 0 Å². The Morgan fingerprint density at radius 1 is 1.04 bits per heavy atom. The molecular formula is C21H23ClN2O2. The van der Waals surface area contributed by atoms with Gasteiger partial charge in [-0.3, -0.25) is 14.5 Å². The van der Waals surface area contributed by atoms with Crippen molar-refractivity contribution < 1.29 is 9.59 Å². The Morgan fingerprint density at radius 3 is 2.27 bits per heavy atom. The predicted molar refractivity (Wildman–Crippen MR) is 105 cm³/mol. The van der Waals surface area contributed by atoms with Gasteiger partial charge in [0.25, 0.3) is 0 Å². The highest BCUT2D eigenvalue weighted by Crippen LogP contribution is 2.22. The van der Waals surface area contributed by atoms with Crippen molar-refractivity contribution in [3.63, 3.8) is 0 Å². The number of ketones is 1. The molecule has 26 heavy (non-hydrogen) atoms. The summed E-state index contributed by atoms with van der Waals surface area (Å²) in [7, 11) is 0. The van der Waals surface area contributed by atoms with Crippen molar-refractivity contribution >= 4 is 29.0 Å². The molecule has 1 fully saturated rings. The molecule has 0 aliphatic carbocycles. The molecule has 0 aromatic heterocycles. The minimum absolute atomic E-state index is 0.0457. The van der Waals surface area contributed by atoms with E-state index in [1.807, 2.05) is 31.2 Å². The fourth-order valence-corrected chi connectivity index (χ4v) is 3.37. The third-order valence-electron chi connectivity index (χ3n) is 4.79. The predicted octanol–water partition coefficient (Wildman–Crippen LogP) is 4.18. The molecule has 1 amide bonds. The van der Waals surface area contributed by atoms with Crippen LogP contribution in [0.3, 0.4) is 0 Å². The Balaban J connectivity index is 1.47. The number of carbonyl (C=O) groups excluding carboxylic acids is 2.